The van der Waals surface area contributed by atoms with Crippen LogP contribution >= 0.6 is 0 Å². The highest BCUT2D eigenvalue weighted by molar-refractivity contribution is 5.35. The van der Waals surface area contributed by atoms with E-state index in [9.17, 15) is 0 Å². The molecule has 8 heteroatoms. The van der Waals surface area contributed by atoms with Gasteiger partial charge in [-0.25, -0.2) is 0 Å². The number of hydrogen-bond acceptors (Lipinski definition) is 7. The summed E-state index contributed by atoms with van der Waals surface area (Å²) < 4.78 is 7.24. The van der Waals surface area contributed by atoms with Crippen molar-refractivity contribution >= 4 is 11.9 Å². The molecule has 0 saturated heterocycles. The van der Waals surface area contributed by atoms with Gasteiger partial charge >= 0.3 is 6.01 Å². The summed E-state index contributed by atoms with van der Waals surface area (Å²) in [7, 11) is 3.66. The molecule has 21 heavy (non-hydrogen) atoms. The number of nitrogens with zero attached hydrogens (tertiary/aromatic N) is 5. The van der Waals surface area contributed by atoms with Gasteiger partial charge in [0.05, 0.1) is 12.8 Å². The van der Waals surface area contributed by atoms with Crippen molar-refractivity contribution in [2.75, 3.05) is 30.8 Å². The minimum Gasteiger partial charge on any atom is -0.463 e. The number of anilines is 2. The molecule has 0 atom stereocenters. The van der Waals surface area contributed by atoms with Crippen LogP contribution in [-0.2, 0) is 13.5 Å². The molecule has 0 unspecified atom stereocenters. The Morgan fingerprint density at radius 3 is 2.71 bits per heavy atom. The van der Waals surface area contributed by atoms with Gasteiger partial charge in [-0.1, -0.05) is 6.92 Å². The summed E-state index contributed by atoms with van der Waals surface area (Å²) in [5.41, 5.74) is 1.16. The molecule has 2 rings (SSSR count). The summed E-state index contributed by atoms with van der Waals surface area (Å²) in [6.07, 6.45) is 5.59. The van der Waals surface area contributed by atoms with E-state index < -0.39 is 0 Å². The standard InChI is InChI=1S/C13H21N7O/c1-4-7-21-13-18-11(14-2)17-12(19-13)15-6-5-10-8-16-20(3)9-10/h8-9H,4-7H2,1-3H3,(H2,14,15,17,18,19). The molecular formula is C13H21N7O. The second kappa shape index (κ2) is 7.41. The van der Waals surface area contributed by atoms with E-state index in [4.69, 9.17) is 4.74 Å². The first-order valence-electron chi connectivity index (χ1n) is 6.99. The van der Waals surface area contributed by atoms with E-state index in [1.807, 2.05) is 26.4 Å². The van der Waals surface area contributed by atoms with Crippen molar-refractivity contribution in [1.82, 2.24) is 24.7 Å². The lowest BCUT2D eigenvalue weighted by Crippen LogP contribution is -2.11. The molecule has 0 bridgehead atoms. The van der Waals surface area contributed by atoms with Crippen molar-refractivity contribution in [1.29, 1.82) is 0 Å². The van der Waals surface area contributed by atoms with Crippen molar-refractivity contribution in [2.45, 2.75) is 19.8 Å². The van der Waals surface area contributed by atoms with Crippen LogP contribution < -0.4 is 15.4 Å². The predicted octanol–water partition coefficient (Wildman–Crippen LogP) is 1.09. The summed E-state index contributed by atoms with van der Waals surface area (Å²) in [5.74, 6) is 0.990. The summed E-state index contributed by atoms with van der Waals surface area (Å²) in [6.45, 7) is 3.33. The monoisotopic (exact) mass is 291 g/mol. The Morgan fingerprint density at radius 2 is 2.05 bits per heavy atom. The normalized spacial score (nSPS) is 10.4. The summed E-state index contributed by atoms with van der Waals surface area (Å²) >= 11 is 0. The lowest BCUT2D eigenvalue weighted by Gasteiger charge is -2.08. The van der Waals surface area contributed by atoms with Crippen LogP contribution in [0.4, 0.5) is 11.9 Å². The molecule has 0 aliphatic carbocycles. The fourth-order valence-electron chi connectivity index (χ4n) is 1.72. The molecule has 0 saturated carbocycles. The molecule has 2 heterocycles. The van der Waals surface area contributed by atoms with Gasteiger partial charge in [-0.15, -0.1) is 0 Å². The summed E-state index contributed by atoms with van der Waals surface area (Å²) in [6, 6.07) is 0.333. The first-order chi connectivity index (χ1) is 10.2. The van der Waals surface area contributed by atoms with Gasteiger partial charge in [0.25, 0.3) is 0 Å². The third kappa shape index (κ3) is 4.59. The van der Waals surface area contributed by atoms with Crippen LogP contribution in [0, 0.1) is 0 Å². The first kappa shape index (κ1) is 15.0. The zero-order valence-corrected chi connectivity index (χ0v) is 12.6. The average Bonchev–Trinajstić information content (AvgIpc) is 2.90. The van der Waals surface area contributed by atoms with Crippen molar-refractivity contribution in [2.24, 2.45) is 7.05 Å². The molecule has 0 spiro atoms. The second-order valence-corrected chi connectivity index (χ2v) is 4.56. The lowest BCUT2D eigenvalue weighted by molar-refractivity contribution is 0.292. The van der Waals surface area contributed by atoms with Gasteiger partial charge in [0.2, 0.25) is 11.9 Å². The Labute approximate surface area is 124 Å². The van der Waals surface area contributed by atoms with Crippen molar-refractivity contribution in [3.63, 3.8) is 0 Å². The Balaban J connectivity index is 1.94. The minimum absolute atomic E-state index is 0.333. The Kier molecular flexibility index (Phi) is 5.30. The number of aryl methyl sites for hydroxylation is 1. The third-order valence-corrected chi connectivity index (χ3v) is 2.73. The van der Waals surface area contributed by atoms with E-state index in [-0.39, 0.29) is 0 Å². The maximum atomic E-state index is 5.45. The van der Waals surface area contributed by atoms with Crippen molar-refractivity contribution in [3.8, 4) is 6.01 Å². The molecule has 0 fully saturated rings. The predicted molar refractivity (Wildman–Crippen MR) is 80.6 cm³/mol. The number of rotatable bonds is 8. The fourth-order valence-corrected chi connectivity index (χ4v) is 1.72. The van der Waals surface area contributed by atoms with Gasteiger partial charge in [0.15, 0.2) is 0 Å². The largest absolute Gasteiger partial charge is 0.463 e. The highest BCUT2D eigenvalue weighted by atomic mass is 16.5. The molecule has 2 aromatic heterocycles. The smallest absolute Gasteiger partial charge is 0.323 e. The fraction of sp³-hybridized carbons (Fsp3) is 0.538. The average molecular weight is 291 g/mol. The molecule has 0 amide bonds. The Bertz CT molecular complexity index is 569. The summed E-state index contributed by atoms with van der Waals surface area (Å²) in [5, 5.41) is 10.2. The van der Waals surface area contributed by atoms with E-state index in [0.717, 1.165) is 18.4 Å². The van der Waals surface area contributed by atoms with Crippen LogP contribution in [0.3, 0.4) is 0 Å². The zero-order valence-electron chi connectivity index (χ0n) is 12.6. The molecule has 114 valence electrons. The third-order valence-electron chi connectivity index (χ3n) is 2.73. The second-order valence-electron chi connectivity index (χ2n) is 4.56. The Morgan fingerprint density at radius 1 is 1.24 bits per heavy atom. The van der Waals surface area contributed by atoms with Gasteiger partial charge in [0, 0.05) is 26.8 Å². The van der Waals surface area contributed by atoms with Crippen LogP contribution in [0.1, 0.15) is 18.9 Å². The van der Waals surface area contributed by atoms with Gasteiger partial charge < -0.3 is 15.4 Å². The van der Waals surface area contributed by atoms with Crippen LogP contribution in [0.2, 0.25) is 0 Å². The van der Waals surface area contributed by atoms with E-state index in [2.05, 4.69) is 30.7 Å². The van der Waals surface area contributed by atoms with Crippen LogP contribution in [0.5, 0.6) is 6.01 Å². The lowest BCUT2D eigenvalue weighted by atomic mass is 10.2. The van der Waals surface area contributed by atoms with Crippen LogP contribution in [-0.4, -0.2) is 44.9 Å². The maximum Gasteiger partial charge on any atom is 0.323 e. The molecule has 2 N–H and O–H groups in total. The van der Waals surface area contributed by atoms with Crippen molar-refractivity contribution in [3.05, 3.63) is 18.0 Å². The summed E-state index contributed by atoms with van der Waals surface area (Å²) in [4.78, 5) is 12.6. The highest BCUT2D eigenvalue weighted by Crippen LogP contribution is 2.11. The number of hydrogen-bond donors (Lipinski definition) is 2. The number of ether oxygens (including phenoxy) is 1. The molecule has 0 aliphatic heterocycles. The topological polar surface area (TPSA) is 89.8 Å². The van der Waals surface area contributed by atoms with Crippen LogP contribution in [0.15, 0.2) is 12.4 Å². The Hall–Kier alpha value is -2.38. The van der Waals surface area contributed by atoms with Crippen LogP contribution in [0.25, 0.3) is 0 Å². The van der Waals surface area contributed by atoms with E-state index in [1.165, 1.54) is 0 Å². The van der Waals surface area contributed by atoms with Gasteiger partial charge in [-0.3, -0.25) is 4.68 Å². The minimum atomic E-state index is 0.333. The maximum absolute atomic E-state index is 5.45. The zero-order chi connectivity index (χ0) is 15.1. The quantitative estimate of drug-likeness (QED) is 0.752. The van der Waals surface area contributed by atoms with Crippen molar-refractivity contribution < 1.29 is 4.74 Å². The van der Waals surface area contributed by atoms with Gasteiger partial charge in [0.1, 0.15) is 0 Å². The molecule has 0 radical (unpaired) electrons. The highest BCUT2D eigenvalue weighted by Gasteiger charge is 2.06. The molecule has 0 aromatic carbocycles. The number of nitrogens with one attached hydrogen (secondary N) is 2. The van der Waals surface area contributed by atoms with E-state index in [1.54, 1.807) is 11.7 Å². The van der Waals surface area contributed by atoms with E-state index in [0.29, 0.717) is 31.1 Å². The SMILES string of the molecule is CCCOc1nc(NC)nc(NCCc2cnn(C)c2)n1. The van der Waals surface area contributed by atoms with Gasteiger partial charge in [-0.2, -0.15) is 20.1 Å². The molecule has 0 aliphatic rings. The van der Waals surface area contributed by atoms with E-state index >= 15 is 0 Å². The molecular weight excluding hydrogens is 270 g/mol. The molecule has 8 nitrogen and oxygen atoms in total. The van der Waals surface area contributed by atoms with Gasteiger partial charge in [-0.05, 0) is 18.4 Å². The number of aromatic nitrogens is 5. The molecule has 2 aromatic rings. The first-order valence-corrected chi connectivity index (χ1v) is 6.99.